The Morgan fingerprint density at radius 1 is 1.36 bits per heavy atom. The number of fused-ring (bicyclic) bond motifs is 1. The number of thiazole rings is 1. The number of rotatable bonds is 4. The van der Waals surface area contributed by atoms with Crippen LogP contribution in [0.5, 0.6) is 0 Å². The fourth-order valence-corrected chi connectivity index (χ4v) is 4.32. The Labute approximate surface area is 135 Å². The molecule has 1 aliphatic heterocycles. The van der Waals surface area contributed by atoms with Crippen LogP contribution in [0, 0.1) is 0 Å². The molecule has 8 heteroatoms. The average molecular weight is 333 g/mol. The van der Waals surface area contributed by atoms with Crippen LogP contribution in [0.3, 0.4) is 0 Å². The van der Waals surface area contributed by atoms with Gasteiger partial charge in [0.05, 0.1) is 16.0 Å². The molecule has 0 amide bonds. The van der Waals surface area contributed by atoms with Crippen LogP contribution in [0.25, 0.3) is 10.2 Å². The van der Waals surface area contributed by atoms with E-state index in [4.69, 9.17) is 10.6 Å². The second-order valence-electron chi connectivity index (χ2n) is 5.08. The van der Waals surface area contributed by atoms with E-state index in [1.807, 2.05) is 18.2 Å². The molecule has 0 aliphatic carbocycles. The lowest BCUT2D eigenvalue weighted by Gasteiger charge is -2.08. The predicted molar refractivity (Wildman–Crippen MR) is 87.3 cm³/mol. The van der Waals surface area contributed by atoms with Crippen molar-refractivity contribution in [1.29, 1.82) is 0 Å². The van der Waals surface area contributed by atoms with Crippen molar-refractivity contribution in [2.45, 2.75) is 29.9 Å². The average Bonchev–Trinajstić information content (AvgIpc) is 3.24. The number of nitrogen functional groups attached to an aromatic ring is 1. The van der Waals surface area contributed by atoms with Gasteiger partial charge in [0.2, 0.25) is 5.16 Å². The smallest absolute Gasteiger partial charge is 0.210 e. The summed E-state index contributed by atoms with van der Waals surface area (Å²) in [5, 5.41) is 10.1. The molecule has 1 saturated heterocycles. The van der Waals surface area contributed by atoms with E-state index in [2.05, 4.69) is 21.2 Å². The molecule has 3 aromatic rings. The van der Waals surface area contributed by atoms with Gasteiger partial charge in [0.1, 0.15) is 11.1 Å². The Balaban J connectivity index is 1.49. The third kappa shape index (κ3) is 2.57. The third-order valence-electron chi connectivity index (χ3n) is 3.57. The molecule has 1 atom stereocenters. The van der Waals surface area contributed by atoms with Crippen molar-refractivity contribution >= 4 is 33.3 Å². The van der Waals surface area contributed by atoms with Gasteiger partial charge in [-0.3, -0.25) is 0 Å². The van der Waals surface area contributed by atoms with Crippen molar-refractivity contribution in [2.24, 2.45) is 0 Å². The lowest BCUT2D eigenvalue weighted by molar-refractivity contribution is 0.103. The highest BCUT2D eigenvalue weighted by molar-refractivity contribution is 7.98. The summed E-state index contributed by atoms with van der Waals surface area (Å²) in [6.07, 6.45) is 1.98. The number of benzene rings is 1. The monoisotopic (exact) mass is 333 g/mol. The van der Waals surface area contributed by atoms with Crippen molar-refractivity contribution in [2.75, 3.05) is 12.4 Å². The number of thioether (sulfide) groups is 1. The van der Waals surface area contributed by atoms with Crippen LogP contribution >= 0.6 is 23.1 Å². The van der Waals surface area contributed by atoms with Crippen LogP contribution in [0.4, 0.5) is 0 Å². The molecule has 2 aromatic heterocycles. The van der Waals surface area contributed by atoms with Crippen molar-refractivity contribution in [3.63, 3.8) is 0 Å². The Kier molecular flexibility index (Phi) is 3.73. The fourth-order valence-electron chi connectivity index (χ4n) is 2.50. The van der Waals surface area contributed by atoms with Crippen molar-refractivity contribution in [3.05, 3.63) is 35.1 Å². The second kappa shape index (κ2) is 5.86. The number of hydrogen-bond donors (Lipinski definition) is 1. The molecule has 0 unspecified atom stereocenters. The molecule has 3 heterocycles. The maximum absolute atomic E-state index is 6.10. The lowest BCUT2D eigenvalue weighted by Crippen LogP contribution is -2.16. The summed E-state index contributed by atoms with van der Waals surface area (Å²) < 4.78 is 8.36. The molecule has 22 heavy (non-hydrogen) atoms. The lowest BCUT2D eigenvalue weighted by atomic mass is 10.2. The first-order valence-electron chi connectivity index (χ1n) is 7.10. The molecule has 0 bridgehead atoms. The Bertz CT molecular complexity index is 760. The highest BCUT2D eigenvalue weighted by atomic mass is 32.2. The third-order valence-corrected chi connectivity index (χ3v) is 5.74. The van der Waals surface area contributed by atoms with Crippen molar-refractivity contribution in [1.82, 2.24) is 19.9 Å². The number of ether oxygens (including phenoxy) is 1. The van der Waals surface area contributed by atoms with E-state index >= 15 is 0 Å². The molecule has 0 radical (unpaired) electrons. The van der Waals surface area contributed by atoms with Crippen LogP contribution in [0.1, 0.15) is 29.8 Å². The first kappa shape index (κ1) is 14.0. The molecule has 114 valence electrons. The first-order chi connectivity index (χ1) is 10.8. The first-order valence-corrected chi connectivity index (χ1v) is 8.91. The van der Waals surface area contributed by atoms with Gasteiger partial charge in [-0.05, 0) is 25.0 Å². The summed E-state index contributed by atoms with van der Waals surface area (Å²) in [6.45, 7) is 0.770. The number of para-hydroxylation sites is 1. The maximum atomic E-state index is 6.10. The van der Waals surface area contributed by atoms with E-state index in [0.717, 1.165) is 35.7 Å². The molecule has 0 spiro atoms. The number of nitrogens with two attached hydrogens (primary N) is 1. The van der Waals surface area contributed by atoms with Crippen LogP contribution in [0.15, 0.2) is 29.4 Å². The topological polar surface area (TPSA) is 78.9 Å². The van der Waals surface area contributed by atoms with Gasteiger partial charge in [-0.2, -0.15) is 0 Å². The normalized spacial score (nSPS) is 18.3. The fraction of sp³-hybridized carbons (Fsp3) is 0.357. The Morgan fingerprint density at radius 2 is 2.27 bits per heavy atom. The molecule has 6 nitrogen and oxygen atoms in total. The largest absolute Gasteiger partial charge is 0.370 e. The van der Waals surface area contributed by atoms with E-state index in [1.54, 1.807) is 27.8 Å². The van der Waals surface area contributed by atoms with Gasteiger partial charge in [0.25, 0.3) is 0 Å². The Hall–Kier alpha value is -1.64. The molecule has 1 aliphatic rings. The summed E-state index contributed by atoms with van der Waals surface area (Å²) in [5.41, 5.74) is 1.04. The van der Waals surface area contributed by atoms with Crippen LogP contribution in [0.2, 0.25) is 0 Å². The predicted octanol–water partition coefficient (Wildman–Crippen LogP) is 2.75. The van der Waals surface area contributed by atoms with E-state index in [0.29, 0.717) is 11.0 Å². The second-order valence-corrected chi connectivity index (χ2v) is 7.13. The molecular formula is C14H15N5OS2. The van der Waals surface area contributed by atoms with E-state index in [9.17, 15) is 0 Å². The van der Waals surface area contributed by atoms with Gasteiger partial charge in [-0.1, -0.05) is 23.9 Å². The molecule has 1 fully saturated rings. The quantitative estimate of drug-likeness (QED) is 0.584. The highest BCUT2D eigenvalue weighted by Gasteiger charge is 2.24. The van der Waals surface area contributed by atoms with E-state index in [-0.39, 0.29) is 6.10 Å². The standard InChI is InChI=1S/C14H15N5OS2/c15-19-13(10-5-3-7-20-10)17-18-14(19)21-8-12-16-9-4-1-2-6-11(9)22-12/h1-2,4,6,10H,3,5,7-8,15H2/t10-/m1/s1. The zero-order valence-electron chi connectivity index (χ0n) is 11.8. The van der Waals surface area contributed by atoms with Gasteiger partial charge >= 0.3 is 0 Å². The summed E-state index contributed by atoms with van der Waals surface area (Å²) in [4.78, 5) is 4.62. The van der Waals surface area contributed by atoms with Gasteiger partial charge in [0.15, 0.2) is 5.82 Å². The zero-order chi connectivity index (χ0) is 14.9. The molecular weight excluding hydrogens is 318 g/mol. The van der Waals surface area contributed by atoms with Gasteiger partial charge in [0, 0.05) is 6.61 Å². The van der Waals surface area contributed by atoms with Crippen molar-refractivity contribution < 1.29 is 4.74 Å². The number of hydrogen-bond acceptors (Lipinski definition) is 7. The Morgan fingerprint density at radius 3 is 3.09 bits per heavy atom. The zero-order valence-corrected chi connectivity index (χ0v) is 13.4. The summed E-state index contributed by atoms with van der Waals surface area (Å²) in [5.74, 6) is 7.54. The molecule has 4 rings (SSSR count). The SMILES string of the molecule is Nn1c(SCc2nc3ccccc3s2)nnc1[C@H]1CCCO1. The molecule has 2 N–H and O–H groups in total. The van der Waals surface area contributed by atoms with E-state index < -0.39 is 0 Å². The van der Waals surface area contributed by atoms with Crippen LogP contribution < -0.4 is 5.84 Å². The highest BCUT2D eigenvalue weighted by Crippen LogP contribution is 2.30. The summed E-state index contributed by atoms with van der Waals surface area (Å²) in [6, 6.07) is 8.15. The van der Waals surface area contributed by atoms with Crippen LogP contribution in [-0.4, -0.2) is 26.5 Å². The van der Waals surface area contributed by atoms with Gasteiger partial charge in [-0.15, -0.1) is 21.5 Å². The molecule has 0 saturated carbocycles. The number of aromatic nitrogens is 4. The van der Waals surface area contributed by atoms with Crippen molar-refractivity contribution in [3.8, 4) is 0 Å². The minimum atomic E-state index is -0.0192. The molecule has 1 aromatic carbocycles. The minimum Gasteiger partial charge on any atom is -0.370 e. The van der Waals surface area contributed by atoms with Gasteiger partial charge < -0.3 is 10.6 Å². The maximum Gasteiger partial charge on any atom is 0.210 e. The van der Waals surface area contributed by atoms with Crippen LogP contribution in [-0.2, 0) is 10.5 Å². The minimum absolute atomic E-state index is 0.0192. The van der Waals surface area contributed by atoms with Gasteiger partial charge in [-0.25, -0.2) is 9.66 Å². The van der Waals surface area contributed by atoms with E-state index in [1.165, 1.54) is 4.70 Å². The summed E-state index contributed by atoms with van der Waals surface area (Å²) in [7, 11) is 0. The summed E-state index contributed by atoms with van der Waals surface area (Å²) >= 11 is 3.25. The number of nitrogens with zero attached hydrogens (tertiary/aromatic N) is 4.